The second-order valence-corrected chi connectivity index (χ2v) is 7.57. The number of carbonyl (C=O) groups is 2. The van der Waals surface area contributed by atoms with E-state index in [1.807, 2.05) is 27.9 Å². The summed E-state index contributed by atoms with van der Waals surface area (Å²) in [6.07, 6.45) is 0.885. The molecule has 1 unspecified atom stereocenters. The normalized spacial score (nSPS) is 12.6. The number of anilines is 1. The van der Waals surface area contributed by atoms with Gasteiger partial charge in [-0.2, -0.15) is 0 Å². The first-order valence-electron chi connectivity index (χ1n) is 8.73. The van der Waals surface area contributed by atoms with Crippen molar-refractivity contribution < 1.29 is 9.59 Å². The van der Waals surface area contributed by atoms with E-state index in [-0.39, 0.29) is 23.4 Å². The molecular weight excluding hydrogens is 316 g/mol. The second kappa shape index (κ2) is 9.42. The molecule has 0 fully saturated rings. The molecule has 0 saturated carbocycles. The molecule has 0 aliphatic heterocycles. The molecule has 6 heteroatoms. The van der Waals surface area contributed by atoms with Crippen LogP contribution in [0.15, 0.2) is 24.3 Å². The molecule has 6 nitrogen and oxygen atoms in total. The van der Waals surface area contributed by atoms with Crippen molar-refractivity contribution in [1.82, 2.24) is 15.5 Å². The Hall–Kier alpha value is -2.08. The average Bonchev–Trinajstić information content (AvgIpc) is 2.52. The lowest BCUT2D eigenvalue weighted by Gasteiger charge is -2.28. The van der Waals surface area contributed by atoms with Gasteiger partial charge in [0.2, 0.25) is 0 Å². The zero-order valence-corrected chi connectivity index (χ0v) is 16.3. The van der Waals surface area contributed by atoms with Crippen LogP contribution in [0.1, 0.15) is 44.5 Å². The predicted octanol–water partition coefficient (Wildman–Crippen LogP) is 2.92. The van der Waals surface area contributed by atoms with Crippen molar-refractivity contribution in [2.75, 3.05) is 32.5 Å². The zero-order valence-electron chi connectivity index (χ0n) is 16.3. The van der Waals surface area contributed by atoms with Gasteiger partial charge in [0.1, 0.15) is 0 Å². The number of hydrogen-bond donors (Lipinski definition) is 3. The number of hydrogen-bond acceptors (Lipinski definition) is 3. The zero-order chi connectivity index (χ0) is 19.0. The van der Waals surface area contributed by atoms with Gasteiger partial charge >= 0.3 is 6.03 Å². The molecule has 1 rings (SSSR count). The van der Waals surface area contributed by atoms with Crippen molar-refractivity contribution in [2.24, 2.45) is 5.41 Å². The van der Waals surface area contributed by atoms with Crippen LogP contribution in [0.3, 0.4) is 0 Å². The van der Waals surface area contributed by atoms with E-state index in [9.17, 15) is 9.59 Å². The molecule has 0 bridgehead atoms. The first-order chi connectivity index (χ1) is 11.6. The molecule has 0 saturated heterocycles. The van der Waals surface area contributed by atoms with Crippen molar-refractivity contribution in [1.29, 1.82) is 0 Å². The highest BCUT2D eigenvalue weighted by Gasteiger charge is 2.19. The molecule has 1 aromatic carbocycles. The number of benzene rings is 1. The summed E-state index contributed by atoms with van der Waals surface area (Å²) in [7, 11) is 4.03. The summed E-state index contributed by atoms with van der Waals surface area (Å²) >= 11 is 0. The number of nitrogens with one attached hydrogen (secondary N) is 3. The monoisotopic (exact) mass is 348 g/mol. The topological polar surface area (TPSA) is 73.5 Å². The third-order valence-electron chi connectivity index (χ3n) is 3.87. The van der Waals surface area contributed by atoms with Gasteiger partial charge in [-0.15, -0.1) is 0 Å². The van der Waals surface area contributed by atoms with E-state index in [0.717, 1.165) is 13.0 Å². The van der Waals surface area contributed by atoms with Crippen LogP contribution in [0.2, 0.25) is 0 Å². The van der Waals surface area contributed by atoms with Gasteiger partial charge < -0.3 is 20.9 Å². The highest BCUT2D eigenvalue weighted by molar-refractivity contribution is 5.95. The quantitative estimate of drug-likeness (QED) is 0.676. The fourth-order valence-electron chi connectivity index (χ4n) is 2.52. The highest BCUT2D eigenvalue weighted by Crippen LogP contribution is 2.14. The van der Waals surface area contributed by atoms with Gasteiger partial charge in [0, 0.05) is 30.4 Å². The minimum atomic E-state index is -0.247. The Morgan fingerprint density at radius 1 is 1.16 bits per heavy atom. The lowest BCUT2D eigenvalue weighted by atomic mass is 9.93. The van der Waals surface area contributed by atoms with Gasteiger partial charge in [-0.3, -0.25) is 4.79 Å². The predicted molar refractivity (Wildman–Crippen MR) is 103 cm³/mol. The maximum atomic E-state index is 12.0. The van der Waals surface area contributed by atoms with E-state index >= 15 is 0 Å². The molecule has 0 aromatic heterocycles. The maximum absolute atomic E-state index is 12.0. The molecule has 25 heavy (non-hydrogen) atoms. The van der Waals surface area contributed by atoms with Crippen molar-refractivity contribution >= 4 is 17.6 Å². The van der Waals surface area contributed by atoms with Crippen LogP contribution in [-0.4, -0.2) is 50.1 Å². The number of urea groups is 1. The van der Waals surface area contributed by atoms with Crippen LogP contribution in [0.4, 0.5) is 10.5 Å². The van der Waals surface area contributed by atoms with Crippen LogP contribution in [-0.2, 0) is 0 Å². The van der Waals surface area contributed by atoms with Crippen molar-refractivity contribution in [3.8, 4) is 0 Å². The lowest BCUT2D eigenvalue weighted by Crippen LogP contribution is -2.41. The summed E-state index contributed by atoms with van der Waals surface area (Å²) in [5.41, 5.74) is 1.22. The van der Waals surface area contributed by atoms with E-state index in [1.54, 1.807) is 24.3 Å². The van der Waals surface area contributed by atoms with Crippen LogP contribution in [0.5, 0.6) is 0 Å². The summed E-state index contributed by atoms with van der Waals surface area (Å²) in [4.78, 5) is 26.2. The Kier molecular flexibility index (Phi) is 7.90. The molecule has 3 amide bonds. The highest BCUT2D eigenvalue weighted by atomic mass is 16.2. The molecule has 0 heterocycles. The summed E-state index contributed by atoms with van der Waals surface area (Å²) in [5.74, 6) is -0.101. The third-order valence-corrected chi connectivity index (χ3v) is 3.87. The van der Waals surface area contributed by atoms with Crippen molar-refractivity contribution in [3.05, 3.63) is 29.8 Å². The van der Waals surface area contributed by atoms with Crippen molar-refractivity contribution in [2.45, 2.75) is 40.2 Å². The maximum Gasteiger partial charge on any atom is 0.319 e. The van der Waals surface area contributed by atoms with Gasteiger partial charge in [-0.1, -0.05) is 20.8 Å². The van der Waals surface area contributed by atoms with Gasteiger partial charge in [0.25, 0.3) is 5.91 Å². The van der Waals surface area contributed by atoms with Crippen LogP contribution in [0.25, 0.3) is 0 Å². The SMILES string of the molecule is CCC(C)NC(=O)c1ccc(NC(=O)NCC(C)(C)CN(C)C)cc1. The fraction of sp³-hybridized carbons (Fsp3) is 0.579. The summed E-state index contributed by atoms with van der Waals surface area (Å²) < 4.78 is 0. The van der Waals surface area contributed by atoms with E-state index in [0.29, 0.717) is 17.8 Å². The fourth-order valence-corrected chi connectivity index (χ4v) is 2.52. The van der Waals surface area contributed by atoms with E-state index < -0.39 is 0 Å². The van der Waals surface area contributed by atoms with Gasteiger partial charge in [0.15, 0.2) is 0 Å². The van der Waals surface area contributed by atoms with E-state index in [2.05, 4.69) is 34.7 Å². The summed E-state index contributed by atoms with van der Waals surface area (Å²) in [6, 6.07) is 6.78. The first kappa shape index (κ1) is 21.0. The Morgan fingerprint density at radius 3 is 2.28 bits per heavy atom. The smallest absolute Gasteiger partial charge is 0.319 e. The molecule has 1 aromatic rings. The van der Waals surface area contributed by atoms with E-state index in [4.69, 9.17) is 0 Å². The summed E-state index contributed by atoms with van der Waals surface area (Å²) in [6.45, 7) is 9.67. The molecule has 140 valence electrons. The third kappa shape index (κ3) is 8.03. The standard InChI is InChI=1S/C19H32N4O2/c1-7-14(2)21-17(24)15-8-10-16(11-9-15)22-18(25)20-12-19(3,4)13-23(5)6/h8-11,14H,7,12-13H2,1-6H3,(H,21,24)(H2,20,22,25). The van der Waals surface area contributed by atoms with Gasteiger partial charge in [-0.25, -0.2) is 4.79 Å². The number of rotatable bonds is 8. The Bertz CT molecular complexity index is 567. The second-order valence-electron chi connectivity index (χ2n) is 7.57. The minimum Gasteiger partial charge on any atom is -0.350 e. The molecule has 0 radical (unpaired) electrons. The Balaban J connectivity index is 2.52. The number of nitrogens with zero attached hydrogens (tertiary/aromatic N) is 1. The number of amides is 3. The molecule has 1 atom stereocenters. The molecular formula is C19H32N4O2. The first-order valence-corrected chi connectivity index (χ1v) is 8.73. The van der Waals surface area contributed by atoms with Gasteiger partial charge in [-0.05, 0) is 57.1 Å². The molecule has 0 aliphatic carbocycles. The van der Waals surface area contributed by atoms with Gasteiger partial charge in [0.05, 0.1) is 0 Å². The Morgan fingerprint density at radius 2 is 1.76 bits per heavy atom. The van der Waals surface area contributed by atoms with Crippen molar-refractivity contribution in [3.63, 3.8) is 0 Å². The van der Waals surface area contributed by atoms with Crippen LogP contribution >= 0.6 is 0 Å². The average molecular weight is 348 g/mol. The number of carbonyl (C=O) groups excluding carboxylic acids is 2. The summed E-state index contributed by atoms with van der Waals surface area (Å²) in [5, 5.41) is 8.60. The van der Waals surface area contributed by atoms with Crippen LogP contribution < -0.4 is 16.0 Å². The Labute approximate surface area is 151 Å². The van der Waals surface area contributed by atoms with Crippen LogP contribution in [0, 0.1) is 5.41 Å². The van der Waals surface area contributed by atoms with E-state index in [1.165, 1.54) is 0 Å². The molecule has 0 aliphatic rings. The lowest BCUT2D eigenvalue weighted by molar-refractivity contribution is 0.0939. The minimum absolute atomic E-state index is 0.0151. The molecule has 3 N–H and O–H groups in total. The largest absolute Gasteiger partial charge is 0.350 e. The molecule has 0 spiro atoms.